The Balaban J connectivity index is 1.63. The van der Waals surface area contributed by atoms with Gasteiger partial charge in [-0.2, -0.15) is 0 Å². The number of hydrogen-bond acceptors (Lipinski definition) is 6. The first-order chi connectivity index (χ1) is 13.6. The molecule has 1 aromatic carbocycles. The highest BCUT2D eigenvalue weighted by molar-refractivity contribution is 7.90. The van der Waals surface area contributed by atoms with Crippen molar-refractivity contribution in [2.24, 2.45) is 0 Å². The van der Waals surface area contributed by atoms with Crippen LogP contribution < -0.4 is 0 Å². The van der Waals surface area contributed by atoms with Crippen LogP contribution in [-0.2, 0) is 24.2 Å². The molecular formula is C19H23N3O6S. The maximum Gasteiger partial charge on any atom is 0.254 e. The van der Waals surface area contributed by atoms with Crippen molar-refractivity contribution in [3.63, 3.8) is 0 Å². The van der Waals surface area contributed by atoms with E-state index in [2.05, 4.69) is 0 Å². The van der Waals surface area contributed by atoms with E-state index in [0.29, 0.717) is 11.1 Å². The molecule has 0 saturated carbocycles. The highest BCUT2D eigenvalue weighted by atomic mass is 32.2. The lowest BCUT2D eigenvalue weighted by Gasteiger charge is -2.35. The van der Waals surface area contributed by atoms with E-state index in [9.17, 15) is 27.6 Å². The summed E-state index contributed by atoms with van der Waals surface area (Å²) in [6.07, 6.45) is 1.37. The van der Waals surface area contributed by atoms with Gasteiger partial charge in [-0.3, -0.25) is 24.1 Å². The standard InChI is InChI=1S/C19H23N3O6S/c1-13-3-4-14(29(2,27)28)11-15(13)19(26)21-9-7-20(8-10-21)18(25)12-22-16(23)5-6-17(22)24/h3-4,11H,5-10,12H2,1-2H3. The van der Waals surface area contributed by atoms with Gasteiger partial charge in [-0.1, -0.05) is 6.07 Å². The van der Waals surface area contributed by atoms with Gasteiger partial charge >= 0.3 is 0 Å². The fourth-order valence-corrected chi connectivity index (χ4v) is 4.07. The van der Waals surface area contributed by atoms with Crippen molar-refractivity contribution in [1.29, 1.82) is 0 Å². The molecule has 156 valence electrons. The molecule has 29 heavy (non-hydrogen) atoms. The molecular weight excluding hydrogens is 398 g/mol. The van der Waals surface area contributed by atoms with Gasteiger partial charge in [0.1, 0.15) is 6.54 Å². The minimum Gasteiger partial charge on any atom is -0.338 e. The lowest BCUT2D eigenvalue weighted by atomic mass is 10.1. The number of amides is 4. The van der Waals surface area contributed by atoms with Gasteiger partial charge in [-0.15, -0.1) is 0 Å². The van der Waals surface area contributed by atoms with Crippen molar-refractivity contribution in [2.75, 3.05) is 39.0 Å². The largest absolute Gasteiger partial charge is 0.338 e. The Hall–Kier alpha value is -2.75. The summed E-state index contributed by atoms with van der Waals surface area (Å²) in [5.74, 6) is -1.28. The normalized spacial score (nSPS) is 17.8. The molecule has 2 heterocycles. The van der Waals surface area contributed by atoms with Gasteiger partial charge in [0.15, 0.2) is 9.84 Å². The Morgan fingerprint density at radius 3 is 2.07 bits per heavy atom. The lowest BCUT2D eigenvalue weighted by Crippen LogP contribution is -2.53. The maximum absolute atomic E-state index is 12.9. The summed E-state index contributed by atoms with van der Waals surface area (Å²) in [6.45, 7) is 2.62. The summed E-state index contributed by atoms with van der Waals surface area (Å²) >= 11 is 0. The van der Waals surface area contributed by atoms with Gasteiger partial charge < -0.3 is 9.80 Å². The summed E-state index contributed by atoms with van der Waals surface area (Å²) in [7, 11) is -3.43. The average molecular weight is 421 g/mol. The Bertz CT molecular complexity index is 964. The second kappa shape index (κ2) is 7.94. The van der Waals surface area contributed by atoms with E-state index in [0.717, 1.165) is 11.2 Å². The van der Waals surface area contributed by atoms with Gasteiger partial charge in [-0.25, -0.2) is 8.42 Å². The monoisotopic (exact) mass is 421 g/mol. The Labute approximate surface area is 169 Å². The second-order valence-corrected chi connectivity index (χ2v) is 9.31. The lowest BCUT2D eigenvalue weighted by molar-refractivity contribution is -0.146. The molecule has 2 saturated heterocycles. The minimum atomic E-state index is -3.43. The number of imide groups is 1. The predicted molar refractivity (Wildman–Crippen MR) is 103 cm³/mol. The molecule has 10 heteroatoms. The summed E-state index contributed by atoms with van der Waals surface area (Å²) < 4.78 is 23.6. The van der Waals surface area contributed by atoms with Crippen LogP contribution in [0.5, 0.6) is 0 Å². The van der Waals surface area contributed by atoms with Crippen molar-refractivity contribution in [3.05, 3.63) is 29.3 Å². The van der Waals surface area contributed by atoms with E-state index in [-0.39, 0.29) is 74.1 Å². The Morgan fingerprint density at radius 1 is 0.966 bits per heavy atom. The van der Waals surface area contributed by atoms with E-state index in [1.807, 2.05) is 0 Å². The van der Waals surface area contributed by atoms with Crippen LogP contribution in [0.3, 0.4) is 0 Å². The minimum absolute atomic E-state index is 0.0835. The predicted octanol–water partition coefficient (Wildman–Crippen LogP) is -0.168. The highest BCUT2D eigenvalue weighted by Gasteiger charge is 2.33. The molecule has 0 N–H and O–H groups in total. The number of aryl methyl sites for hydroxylation is 1. The molecule has 0 aliphatic carbocycles. The zero-order chi connectivity index (χ0) is 21.3. The van der Waals surface area contributed by atoms with Gasteiger partial charge in [0, 0.05) is 50.8 Å². The number of hydrogen-bond donors (Lipinski definition) is 0. The van der Waals surface area contributed by atoms with E-state index in [1.54, 1.807) is 17.9 Å². The molecule has 9 nitrogen and oxygen atoms in total. The van der Waals surface area contributed by atoms with Crippen molar-refractivity contribution < 1.29 is 27.6 Å². The first kappa shape index (κ1) is 21.0. The molecule has 2 aliphatic rings. The van der Waals surface area contributed by atoms with Crippen LogP contribution in [0.4, 0.5) is 0 Å². The van der Waals surface area contributed by atoms with Gasteiger partial charge in [0.25, 0.3) is 5.91 Å². The Kier molecular flexibility index (Phi) is 5.74. The number of rotatable bonds is 4. The van der Waals surface area contributed by atoms with Crippen LogP contribution in [0, 0.1) is 6.92 Å². The molecule has 0 radical (unpaired) electrons. The van der Waals surface area contributed by atoms with Crippen molar-refractivity contribution in [3.8, 4) is 0 Å². The van der Waals surface area contributed by atoms with Gasteiger partial charge in [0.2, 0.25) is 17.7 Å². The summed E-state index contributed by atoms with van der Waals surface area (Å²) in [5.41, 5.74) is 0.993. The van der Waals surface area contributed by atoms with E-state index in [1.165, 1.54) is 17.0 Å². The molecule has 2 aliphatic heterocycles. The number of piperazine rings is 1. The zero-order valence-electron chi connectivity index (χ0n) is 16.4. The molecule has 4 amide bonds. The highest BCUT2D eigenvalue weighted by Crippen LogP contribution is 2.19. The third-order valence-electron chi connectivity index (χ3n) is 5.24. The van der Waals surface area contributed by atoms with Crippen LogP contribution in [-0.4, -0.2) is 85.7 Å². The number of sulfone groups is 1. The molecule has 3 rings (SSSR count). The summed E-state index contributed by atoms with van der Waals surface area (Å²) in [6, 6.07) is 4.46. The molecule has 2 fully saturated rings. The van der Waals surface area contributed by atoms with Crippen molar-refractivity contribution in [1.82, 2.24) is 14.7 Å². The van der Waals surface area contributed by atoms with E-state index in [4.69, 9.17) is 0 Å². The maximum atomic E-state index is 12.9. The van der Waals surface area contributed by atoms with Crippen LogP contribution >= 0.6 is 0 Å². The fraction of sp³-hybridized carbons (Fsp3) is 0.474. The average Bonchev–Trinajstić information content (AvgIpc) is 2.99. The molecule has 0 aromatic heterocycles. The van der Waals surface area contributed by atoms with Crippen molar-refractivity contribution in [2.45, 2.75) is 24.7 Å². The summed E-state index contributed by atoms with van der Waals surface area (Å²) in [4.78, 5) is 52.8. The van der Waals surface area contributed by atoms with Crippen LogP contribution in [0.15, 0.2) is 23.1 Å². The SMILES string of the molecule is Cc1ccc(S(C)(=O)=O)cc1C(=O)N1CCN(C(=O)CN2C(=O)CCC2=O)CC1. The topological polar surface area (TPSA) is 112 Å². The molecule has 0 atom stereocenters. The number of nitrogens with zero attached hydrogens (tertiary/aromatic N) is 3. The number of carbonyl (C=O) groups excluding carboxylic acids is 4. The summed E-state index contributed by atoms with van der Waals surface area (Å²) in [5, 5.41) is 0. The number of benzene rings is 1. The van der Waals surface area contributed by atoms with E-state index >= 15 is 0 Å². The van der Waals surface area contributed by atoms with Gasteiger partial charge in [0.05, 0.1) is 4.90 Å². The third kappa shape index (κ3) is 4.47. The molecule has 0 unspecified atom stereocenters. The quantitative estimate of drug-likeness (QED) is 0.624. The van der Waals surface area contributed by atoms with Crippen molar-refractivity contribution >= 4 is 33.5 Å². The first-order valence-electron chi connectivity index (χ1n) is 9.29. The Morgan fingerprint density at radius 2 is 1.52 bits per heavy atom. The first-order valence-corrected chi connectivity index (χ1v) is 11.2. The molecule has 0 spiro atoms. The second-order valence-electron chi connectivity index (χ2n) is 7.30. The smallest absolute Gasteiger partial charge is 0.254 e. The zero-order valence-corrected chi connectivity index (χ0v) is 17.2. The number of likely N-dealkylation sites (tertiary alicyclic amines) is 1. The third-order valence-corrected chi connectivity index (χ3v) is 6.35. The van der Waals surface area contributed by atoms with Gasteiger partial charge in [-0.05, 0) is 24.6 Å². The van der Waals surface area contributed by atoms with Crippen LogP contribution in [0.2, 0.25) is 0 Å². The molecule has 1 aromatic rings. The molecule has 0 bridgehead atoms. The number of carbonyl (C=O) groups is 4. The fourth-order valence-electron chi connectivity index (χ4n) is 3.43. The van der Waals surface area contributed by atoms with E-state index < -0.39 is 9.84 Å². The van der Waals surface area contributed by atoms with Crippen LogP contribution in [0.25, 0.3) is 0 Å². The van der Waals surface area contributed by atoms with Crippen LogP contribution in [0.1, 0.15) is 28.8 Å².